The fourth-order valence-electron chi connectivity index (χ4n) is 5.43. The first-order valence-electron chi connectivity index (χ1n) is 14.7. The van der Waals surface area contributed by atoms with Gasteiger partial charge in [-0.25, -0.2) is 18.0 Å². The highest BCUT2D eigenvalue weighted by atomic mass is 32.2. The third kappa shape index (κ3) is 7.93. The molecular weight excluding hydrogens is 684 g/mol. The minimum Gasteiger partial charge on any atom is -0.480 e. The van der Waals surface area contributed by atoms with Gasteiger partial charge in [-0.1, -0.05) is 48.0 Å². The number of thioether (sulfide) groups is 1. The predicted molar refractivity (Wildman–Crippen MR) is 172 cm³/mol. The average Bonchev–Trinajstić information content (AvgIpc) is 3.05. The van der Waals surface area contributed by atoms with Gasteiger partial charge in [0.05, 0.1) is 4.90 Å². The van der Waals surface area contributed by atoms with Crippen LogP contribution in [0.1, 0.15) is 36.3 Å². The van der Waals surface area contributed by atoms with Gasteiger partial charge in [0.1, 0.15) is 35.4 Å². The van der Waals surface area contributed by atoms with Crippen LogP contribution in [0.2, 0.25) is 0 Å². The van der Waals surface area contributed by atoms with Crippen LogP contribution in [0.25, 0.3) is 0 Å². The smallest absolute Gasteiger partial charge is 0.404 e. The van der Waals surface area contributed by atoms with Gasteiger partial charge in [0.2, 0.25) is 15.9 Å². The molecule has 1 fully saturated rings. The number of nitrogens with two attached hydrogens (primary N) is 1. The highest BCUT2D eigenvalue weighted by molar-refractivity contribution is 8.00. The van der Waals surface area contributed by atoms with Crippen LogP contribution < -0.4 is 15.8 Å². The van der Waals surface area contributed by atoms with Crippen LogP contribution in [0.4, 0.5) is 4.79 Å². The fraction of sp³-hybridized carbons (Fsp3) is 0.355. The number of aryl methyl sites for hydroxylation is 1. The van der Waals surface area contributed by atoms with E-state index in [2.05, 4.69) is 10.0 Å². The number of carboxylic acids is 2. The number of Topliss-reactive ketones (excluding diaryl/α,β-unsaturated/α-hetero) is 1. The molecule has 6 N–H and O–H groups in total. The number of rotatable bonds is 16. The van der Waals surface area contributed by atoms with Crippen LogP contribution in [0.15, 0.2) is 70.8 Å². The summed E-state index contributed by atoms with van der Waals surface area (Å²) in [7, 11) is -3.06. The minimum atomic E-state index is -4.20. The van der Waals surface area contributed by atoms with E-state index in [4.69, 9.17) is 15.2 Å². The summed E-state index contributed by atoms with van der Waals surface area (Å²) in [6.45, 7) is 1.29. The molecule has 2 aliphatic rings. The van der Waals surface area contributed by atoms with E-state index in [9.17, 15) is 47.4 Å². The van der Waals surface area contributed by atoms with Gasteiger partial charge in [0.15, 0.2) is 0 Å². The van der Waals surface area contributed by atoms with Gasteiger partial charge in [0.25, 0.3) is 11.6 Å². The first-order chi connectivity index (χ1) is 23.1. The van der Waals surface area contributed by atoms with Gasteiger partial charge in [-0.2, -0.15) is 4.72 Å². The van der Waals surface area contributed by atoms with E-state index in [1.54, 1.807) is 37.3 Å². The minimum absolute atomic E-state index is 0.0240. The van der Waals surface area contributed by atoms with E-state index >= 15 is 0 Å². The lowest BCUT2D eigenvalue weighted by atomic mass is 9.89. The van der Waals surface area contributed by atoms with Crippen molar-refractivity contribution in [3.63, 3.8) is 0 Å². The number of primary amides is 1. The van der Waals surface area contributed by atoms with Crippen molar-refractivity contribution in [3.05, 3.63) is 77.0 Å². The molecule has 0 spiro atoms. The van der Waals surface area contributed by atoms with Crippen LogP contribution in [0.3, 0.4) is 0 Å². The third-order valence-corrected chi connectivity index (χ3v) is 10.8. The number of methoxy groups -OCH3 is 1. The molecule has 2 unspecified atom stereocenters. The number of amides is 3. The summed E-state index contributed by atoms with van der Waals surface area (Å²) in [4.78, 5) is 76.8. The van der Waals surface area contributed by atoms with Crippen molar-refractivity contribution < 1.29 is 56.9 Å². The molecule has 0 aromatic heterocycles. The monoisotopic (exact) mass is 718 g/mol. The van der Waals surface area contributed by atoms with Crippen LogP contribution in [-0.4, -0.2) is 95.8 Å². The van der Waals surface area contributed by atoms with E-state index in [1.807, 2.05) is 0 Å². The molecule has 262 valence electrons. The van der Waals surface area contributed by atoms with E-state index in [0.717, 1.165) is 29.3 Å². The highest BCUT2D eigenvalue weighted by Crippen LogP contribution is 2.47. The van der Waals surface area contributed by atoms with E-state index in [1.165, 1.54) is 24.3 Å². The van der Waals surface area contributed by atoms with E-state index < -0.39 is 81.0 Å². The van der Waals surface area contributed by atoms with Gasteiger partial charge in [-0.05, 0) is 37.5 Å². The first-order valence-corrected chi connectivity index (χ1v) is 17.3. The summed E-state index contributed by atoms with van der Waals surface area (Å²) in [5.41, 5.74) is 3.63. The number of ether oxygens (including phenoxy) is 2. The Hall–Kier alpha value is -4.78. The van der Waals surface area contributed by atoms with Crippen molar-refractivity contribution in [1.82, 2.24) is 14.9 Å². The number of β-lactam (4-membered cyclic amide) rings is 1. The van der Waals surface area contributed by atoms with Crippen molar-refractivity contribution in [3.8, 4) is 0 Å². The maximum Gasteiger partial charge on any atom is 0.404 e. The van der Waals surface area contributed by atoms with E-state index in [-0.39, 0.29) is 41.0 Å². The summed E-state index contributed by atoms with van der Waals surface area (Å²) < 4.78 is 37.9. The van der Waals surface area contributed by atoms with Gasteiger partial charge < -0.3 is 30.7 Å². The van der Waals surface area contributed by atoms with Gasteiger partial charge in [-0.15, -0.1) is 11.8 Å². The molecule has 3 amide bonds. The van der Waals surface area contributed by atoms with Crippen LogP contribution >= 0.6 is 11.8 Å². The van der Waals surface area contributed by atoms with Crippen molar-refractivity contribution in [2.45, 2.75) is 54.1 Å². The van der Waals surface area contributed by atoms with Gasteiger partial charge >= 0.3 is 18.0 Å². The van der Waals surface area contributed by atoms with Crippen molar-refractivity contribution >= 4 is 57.4 Å². The summed E-state index contributed by atoms with van der Waals surface area (Å²) in [5.74, 6) is -7.01. The lowest BCUT2D eigenvalue weighted by Gasteiger charge is -2.55. The SMILES string of the molecule is CO[C@@]1(NC(=O)C(C(=O)CCCC(NS(=O)(=O)c2ccc(C)cc2)C(=O)O)c2ccccc2)C(=O)N2C(C(=O)O)=C(COC(N)=O)CS[C@H]21. The summed E-state index contributed by atoms with van der Waals surface area (Å²) in [5, 5.41) is 21.0. The van der Waals surface area contributed by atoms with Crippen molar-refractivity contribution in [1.29, 1.82) is 0 Å². The molecule has 4 rings (SSSR count). The number of ketones is 1. The standard InChI is InChI=1S/C31H34N4O12S2/c1-17-11-13-20(14-12-17)49(44,45)34-21(26(38)39)9-6-10-22(36)23(18-7-4-3-5-8-18)25(37)33-31(46-2)28(42)35-24(27(40)41)19(15-47-30(32)43)16-48-29(31)35/h3-5,7-8,11-14,21,23,29,34H,6,9-10,15-16H2,1-2H3,(H2,32,43)(H,33,37)(H,38,39)(H,40,41)/t21?,23?,29-,31-/m0/s1. The summed E-state index contributed by atoms with van der Waals surface area (Å²) in [6.07, 6.45) is -1.88. The number of fused-ring (bicyclic) bond motifs is 1. The lowest BCUT2D eigenvalue weighted by molar-refractivity contribution is -0.193. The number of carboxylic acid groups (broad SMARTS) is 2. The van der Waals surface area contributed by atoms with Crippen LogP contribution in [-0.2, 0) is 43.5 Å². The molecule has 1 saturated heterocycles. The number of carbonyl (C=O) groups excluding carboxylic acids is 4. The Morgan fingerprint density at radius 2 is 1.73 bits per heavy atom. The normalized spacial score (nSPS) is 20.0. The Morgan fingerprint density at radius 3 is 2.31 bits per heavy atom. The molecule has 2 aromatic carbocycles. The number of nitrogens with one attached hydrogen (secondary N) is 2. The summed E-state index contributed by atoms with van der Waals surface area (Å²) in [6, 6.07) is 12.1. The zero-order valence-corrected chi connectivity index (χ0v) is 27.9. The number of aliphatic carboxylic acids is 2. The zero-order valence-electron chi connectivity index (χ0n) is 26.3. The number of hydrogen-bond acceptors (Lipinski definition) is 11. The quantitative estimate of drug-likeness (QED) is 0.0927. The Labute approximate surface area is 285 Å². The fourth-order valence-corrected chi connectivity index (χ4v) is 8.07. The molecule has 2 aliphatic heterocycles. The Bertz CT molecular complexity index is 1780. The lowest BCUT2D eigenvalue weighted by Crippen LogP contribution is -2.81. The molecule has 0 saturated carbocycles. The number of carbonyl (C=O) groups is 6. The molecular formula is C31H34N4O12S2. The molecule has 18 heteroatoms. The maximum atomic E-state index is 13.8. The maximum absolute atomic E-state index is 13.8. The highest BCUT2D eigenvalue weighted by Gasteiger charge is 2.67. The van der Waals surface area contributed by atoms with Crippen molar-refractivity contribution in [2.75, 3.05) is 19.5 Å². The molecule has 0 aliphatic carbocycles. The molecule has 4 atom stereocenters. The van der Waals surface area contributed by atoms with Gasteiger partial charge in [-0.3, -0.25) is 24.1 Å². The molecule has 2 aromatic rings. The number of benzene rings is 2. The molecule has 0 bridgehead atoms. The van der Waals surface area contributed by atoms with Gasteiger partial charge in [0, 0.05) is 24.9 Å². The van der Waals surface area contributed by atoms with Crippen molar-refractivity contribution in [2.24, 2.45) is 5.73 Å². The Morgan fingerprint density at radius 1 is 1.08 bits per heavy atom. The third-order valence-electron chi connectivity index (χ3n) is 7.89. The number of sulfonamides is 1. The first kappa shape index (κ1) is 37.0. The second-order valence-corrected chi connectivity index (χ2v) is 13.9. The molecule has 0 radical (unpaired) electrons. The zero-order chi connectivity index (χ0) is 36.1. The average molecular weight is 719 g/mol. The van der Waals surface area contributed by atoms with Crippen LogP contribution in [0.5, 0.6) is 0 Å². The second-order valence-electron chi connectivity index (χ2n) is 11.2. The van der Waals surface area contributed by atoms with E-state index in [0.29, 0.717) is 0 Å². The molecule has 16 nitrogen and oxygen atoms in total. The summed E-state index contributed by atoms with van der Waals surface area (Å²) >= 11 is 1.03. The number of hydrogen-bond donors (Lipinski definition) is 5. The van der Waals surface area contributed by atoms with Crippen LogP contribution in [0, 0.1) is 6.92 Å². The largest absolute Gasteiger partial charge is 0.480 e. The Balaban J connectivity index is 1.50. The molecule has 2 heterocycles. The Kier molecular flexibility index (Phi) is 11.5. The number of nitrogens with zero attached hydrogens (tertiary/aromatic N) is 1. The predicted octanol–water partition coefficient (Wildman–Crippen LogP) is 1.06. The topological polar surface area (TPSA) is 249 Å². The molecule has 49 heavy (non-hydrogen) atoms. The second kappa shape index (κ2) is 15.2.